The van der Waals surface area contributed by atoms with Crippen molar-refractivity contribution in [3.8, 4) is 0 Å². The van der Waals surface area contributed by atoms with E-state index in [9.17, 15) is 4.79 Å². The Morgan fingerprint density at radius 1 is 1.81 bits per heavy atom. The first-order chi connectivity index (χ1) is 7.71. The summed E-state index contributed by atoms with van der Waals surface area (Å²) < 4.78 is 5.00. The lowest BCUT2D eigenvalue weighted by molar-refractivity contribution is -0.102. The Morgan fingerprint density at radius 3 is 3.06 bits per heavy atom. The number of hydrogen-bond donors (Lipinski definition) is 0. The van der Waals surface area contributed by atoms with E-state index in [1.165, 1.54) is 11.8 Å². The fourth-order valence-electron chi connectivity index (χ4n) is 1.16. The quantitative estimate of drug-likeness (QED) is 0.414. The van der Waals surface area contributed by atoms with Crippen LogP contribution in [0.15, 0.2) is 33.1 Å². The highest BCUT2D eigenvalue weighted by molar-refractivity contribution is 8.17. The molecular formula is C11H14N2O2S. The second kappa shape index (κ2) is 6.40. The van der Waals surface area contributed by atoms with Gasteiger partial charge in [0.15, 0.2) is 6.29 Å². The van der Waals surface area contributed by atoms with E-state index < -0.39 is 0 Å². The van der Waals surface area contributed by atoms with Crippen LogP contribution in [0.2, 0.25) is 0 Å². The number of allylic oxidation sites excluding steroid dienone is 1. The van der Waals surface area contributed by atoms with Gasteiger partial charge in [-0.1, -0.05) is 18.3 Å². The molecule has 0 aromatic rings. The molecule has 0 bridgehead atoms. The molecule has 0 atom stereocenters. The van der Waals surface area contributed by atoms with E-state index >= 15 is 0 Å². The van der Waals surface area contributed by atoms with Gasteiger partial charge in [0, 0.05) is 19.1 Å². The van der Waals surface area contributed by atoms with Gasteiger partial charge in [-0.25, -0.2) is 0 Å². The number of aliphatic imine (C=N–C) groups is 2. The van der Waals surface area contributed by atoms with Crippen LogP contribution in [0, 0.1) is 0 Å². The first-order valence-corrected chi connectivity index (χ1v) is 5.54. The Hall–Kier alpha value is -1.20. The zero-order valence-corrected chi connectivity index (χ0v) is 10.2. The number of hydrogen-bond acceptors (Lipinski definition) is 5. The second-order valence-corrected chi connectivity index (χ2v) is 4.27. The summed E-state index contributed by atoms with van der Waals surface area (Å²) in [4.78, 5) is 19.5. The van der Waals surface area contributed by atoms with Crippen LogP contribution in [0.3, 0.4) is 0 Å². The lowest BCUT2D eigenvalue weighted by atomic mass is 10.2. The lowest BCUT2D eigenvalue weighted by Gasteiger charge is -2.07. The van der Waals surface area contributed by atoms with Crippen LogP contribution in [-0.4, -0.2) is 44.4 Å². The number of thioether (sulfide) groups is 1. The summed E-state index contributed by atoms with van der Waals surface area (Å²) >= 11 is 1.45. The van der Waals surface area contributed by atoms with Gasteiger partial charge < -0.3 is 4.74 Å². The van der Waals surface area contributed by atoms with Gasteiger partial charge >= 0.3 is 0 Å². The Bertz CT molecular complexity index is 383. The van der Waals surface area contributed by atoms with Gasteiger partial charge in [-0.2, -0.15) is 0 Å². The van der Waals surface area contributed by atoms with Gasteiger partial charge in [0.25, 0.3) is 0 Å². The molecule has 0 fully saturated rings. The molecule has 0 saturated heterocycles. The highest BCUT2D eigenvalue weighted by Gasteiger charge is 2.12. The van der Waals surface area contributed by atoms with Crippen molar-refractivity contribution < 1.29 is 9.53 Å². The fourth-order valence-corrected chi connectivity index (χ4v) is 1.96. The molecule has 0 saturated carbocycles. The molecule has 16 heavy (non-hydrogen) atoms. The number of ether oxygens (including phenoxy) is 1. The summed E-state index contributed by atoms with van der Waals surface area (Å²) in [5.74, 6) is 0. The molecule has 0 N–H and O–H groups in total. The van der Waals surface area contributed by atoms with Crippen LogP contribution in [-0.2, 0) is 9.53 Å². The topological polar surface area (TPSA) is 51.0 Å². The van der Waals surface area contributed by atoms with Gasteiger partial charge in [-0.15, -0.1) is 0 Å². The molecule has 0 spiro atoms. The van der Waals surface area contributed by atoms with Crippen molar-refractivity contribution in [1.82, 2.24) is 0 Å². The van der Waals surface area contributed by atoms with Crippen LogP contribution in [0.1, 0.15) is 0 Å². The molecule has 0 unspecified atom stereocenters. The summed E-state index contributed by atoms with van der Waals surface area (Å²) in [6.45, 7) is 4.93. The summed E-state index contributed by atoms with van der Waals surface area (Å²) in [7, 11) is 3.34. The van der Waals surface area contributed by atoms with Gasteiger partial charge in [0.1, 0.15) is 0 Å². The summed E-state index contributed by atoms with van der Waals surface area (Å²) in [5.41, 5.74) is 1.43. The van der Waals surface area contributed by atoms with Crippen LogP contribution >= 0.6 is 11.8 Å². The minimum atomic E-state index is 0.467. The van der Waals surface area contributed by atoms with Crippen molar-refractivity contribution in [3.05, 3.63) is 23.1 Å². The average molecular weight is 238 g/mol. The molecular weight excluding hydrogens is 224 g/mol. The molecule has 1 heterocycles. The maximum absolute atomic E-state index is 10.5. The van der Waals surface area contributed by atoms with E-state index in [1.807, 2.05) is 0 Å². The van der Waals surface area contributed by atoms with Crippen LogP contribution in [0.5, 0.6) is 0 Å². The molecule has 1 aliphatic rings. The van der Waals surface area contributed by atoms with E-state index in [1.54, 1.807) is 20.2 Å². The third kappa shape index (κ3) is 3.43. The van der Waals surface area contributed by atoms with Crippen molar-refractivity contribution in [3.63, 3.8) is 0 Å². The number of carbonyl (C=O) groups is 1. The van der Waals surface area contributed by atoms with E-state index in [0.29, 0.717) is 18.9 Å². The number of aldehydes is 1. The number of nitrogens with zero attached hydrogens (tertiary/aromatic N) is 2. The maximum Gasteiger partial charge on any atom is 0.167 e. The van der Waals surface area contributed by atoms with E-state index in [4.69, 9.17) is 4.74 Å². The first kappa shape index (κ1) is 12.9. The summed E-state index contributed by atoms with van der Waals surface area (Å²) in [6, 6.07) is 0. The standard InChI is InChI=1S/C11H14N2O2S/c1-8(16-11(12-2)7-15-3)9-4-10(6-14)13-5-9/h4,6H,1,5,7H2,2-3H3. The summed E-state index contributed by atoms with van der Waals surface area (Å²) in [6.07, 6.45) is 2.50. The highest BCUT2D eigenvalue weighted by Crippen LogP contribution is 2.26. The molecule has 1 aliphatic heterocycles. The Labute approximate surface area is 99.2 Å². The first-order valence-electron chi connectivity index (χ1n) is 4.73. The SMILES string of the molecule is C=C(SC(COC)=NC)C1=CC(C=O)=NC1. The third-order valence-electron chi connectivity index (χ3n) is 1.99. The predicted molar refractivity (Wildman–Crippen MR) is 68.4 cm³/mol. The number of methoxy groups -OCH3 is 1. The minimum absolute atomic E-state index is 0.467. The Morgan fingerprint density at radius 2 is 2.56 bits per heavy atom. The number of rotatable bonds is 5. The van der Waals surface area contributed by atoms with Crippen molar-refractivity contribution in [2.24, 2.45) is 9.98 Å². The van der Waals surface area contributed by atoms with Crippen LogP contribution in [0.4, 0.5) is 0 Å². The van der Waals surface area contributed by atoms with Gasteiger partial charge in [-0.3, -0.25) is 14.8 Å². The molecule has 0 aromatic carbocycles. The molecule has 0 aliphatic carbocycles. The largest absolute Gasteiger partial charge is 0.378 e. The van der Waals surface area contributed by atoms with Crippen LogP contribution < -0.4 is 0 Å². The molecule has 0 radical (unpaired) electrons. The van der Waals surface area contributed by atoms with Crippen molar-refractivity contribution in [1.29, 1.82) is 0 Å². The zero-order chi connectivity index (χ0) is 12.0. The Kier molecular flexibility index (Phi) is 5.14. The number of carbonyl (C=O) groups excluding carboxylic acids is 1. The lowest BCUT2D eigenvalue weighted by Crippen LogP contribution is -2.03. The van der Waals surface area contributed by atoms with Crippen LogP contribution in [0.25, 0.3) is 0 Å². The fraction of sp³-hybridized carbons (Fsp3) is 0.364. The highest BCUT2D eigenvalue weighted by atomic mass is 32.2. The summed E-state index contributed by atoms with van der Waals surface area (Å²) in [5, 5.41) is 0.855. The zero-order valence-electron chi connectivity index (χ0n) is 9.40. The monoisotopic (exact) mass is 238 g/mol. The van der Waals surface area contributed by atoms with Gasteiger partial charge in [-0.05, 0) is 11.6 Å². The van der Waals surface area contributed by atoms with E-state index in [0.717, 1.165) is 21.8 Å². The van der Waals surface area contributed by atoms with Gasteiger partial charge in [0.2, 0.25) is 0 Å². The normalized spacial score (nSPS) is 15.8. The third-order valence-corrected chi connectivity index (χ3v) is 3.04. The molecule has 0 amide bonds. The average Bonchev–Trinajstić information content (AvgIpc) is 2.76. The maximum atomic E-state index is 10.5. The van der Waals surface area contributed by atoms with Crippen molar-refractivity contribution in [2.75, 3.05) is 27.3 Å². The van der Waals surface area contributed by atoms with Gasteiger partial charge in [0.05, 0.1) is 23.9 Å². The van der Waals surface area contributed by atoms with E-state index in [2.05, 4.69) is 16.6 Å². The Balaban J connectivity index is 2.58. The van der Waals surface area contributed by atoms with E-state index in [-0.39, 0.29) is 0 Å². The smallest absolute Gasteiger partial charge is 0.167 e. The second-order valence-electron chi connectivity index (χ2n) is 3.10. The molecule has 86 valence electrons. The molecule has 0 aromatic heterocycles. The minimum Gasteiger partial charge on any atom is -0.378 e. The predicted octanol–water partition coefficient (Wildman–Crippen LogP) is 1.49. The van der Waals surface area contributed by atoms with Crippen molar-refractivity contribution in [2.45, 2.75) is 0 Å². The molecule has 5 heteroatoms. The molecule has 4 nitrogen and oxygen atoms in total. The molecule has 1 rings (SSSR count). The van der Waals surface area contributed by atoms with Crippen molar-refractivity contribution >= 4 is 28.8 Å².